The molecule has 2 N–H and O–H groups in total. The van der Waals surface area contributed by atoms with E-state index in [1.807, 2.05) is 12.1 Å². The molecule has 0 bridgehead atoms. The maximum absolute atomic E-state index is 13.2. The van der Waals surface area contributed by atoms with Crippen LogP contribution in [-0.2, 0) is 5.75 Å². The summed E-state index contributed by atoms with van der Waals surface area (Å²) in [5, 5.41) is 5.26. The molecule has 0 aliphatic heterocycles. The number of urea groups is 1. The van der Waals surface area contributed by atoms with Gasteiger partial charge in [-0.2, -0.15) is 0 Å². The van der Waals surface area contributed by atoms with Gasteiger partial charge in [-0.15, -0.1) is 16.3 Å². The van der Waals surface area contributed by atoms with Gasteiger partial charge in [0, 0.05) is 34.2 Å². The van der Waals surface area contributed by atoms with E-state index in [1.165, 1.54) is 40.6 Å². The molecule has 4 aromatic rings. The van der Waals surface area contributed by atoms with Gasteiger partial charge in [0.25, 0.3) is 5.56 Å². The van der Waals surface area contributed by atoms with Crippen LogP contribution in [-0.4, -0.2) is 15.6 Å². The van der Waals surface area contributed by atoms with Crippen LogP contribution in [0.1, 0.15) is 11.5 Å². The maximum atomic E-state index is 13.2. The Morgan fingerprint density at radius 3 is 2.63 bits per heavy atom. The average Bonchev–Trinajstić information content (AvgIpc) is 3.08. The van der Waals surface area contributed by atoms with Crippen LogP contribution in [0.15, 0.2) is 74.9 Å². The monoisotopic (exact) mass is 424 g/mol. The first kappa shape index (κ1) is 19.7. The fourth-order valence-corrected chi connectivity index (χ4v) is 3.59. The van der Waals surface area contributed by atoms with E-state index in [4.69, 9.17) is 4.52 Å². The number of rotatable bonds is 5. The van der Waals surface area contributed by atoms with Crippen molar-refractivity contribution in [2.45, 2.75) is 17.6 Å². The van der Waals surface area contributed by atoms with Crippen molar-refractivity contribution in [3.05, 3.63) is 88.3 Å². The Bertz CT molecular complexity index is 1270. The quantitative estimate of drug-likeness (QED) is 0.455. The van der Waals surface area contributed by atoms with Crippen molar-refractivity contribution in [1.29, 1.82) is 0 Å². The summed E-state index contributed by atoms with van der Waals surface area (Å²) >= 11 is 1.52. The van der Waals surface area contributed by atoms with Gasteiger partial charge in [-0.05, 0) is 49.4 Å². The van der Waals surface area contributed by atoms with Gasteiger partial charge >= 0.3 is 6.03 Å². The number of amides is 2. The fraction of sp³-hybridized carbons (Fsp3) is 0.0952. The lowest BCUT2D eigenvalue weighted by atomic mass is 10.3. The molecule has 0 aliphatic carbocycles. The van der Waals surface area contributed by atoms with Gasteiger partial charge in [-0.3, -0.25) is 4.79 Å². The minimum absolute atomic E-state index is 0.257. The van der Waals surface area contributed by atoms with Crippen molar-refractivity contribution in [3.63, 3.8) is 0 Å². The summed E-state index contributed by atoms with van der Waals surface area (Å²) in [5.41, 5.74) is 1.85. The Balaban J connectivity index is 1.35. The number of carbonyl (C=O) groups excluding carboxylic acids is 1. The first-order valence-corrected chi connectivity index (χ1v) is 10.0. The molecule has 0 saturated heterocycles. The topological polar surface area (TPSA) is 88.6 Å². The number of thioether (sulfide) groups is 1. The SMILES string of the molecule is Cc1cc2nc(CSc3ccc(NC(=O)Nc4cccc(F)c4)cc3)cc(=O)n2o1. The molecule has 2 amide bonds. The van der Waals surface area contributed by atoms with E-state index >= 15 is 0 Å². The standard InChI is InChI=1S/C21H17FN4O3S/c1-13-9-19-23-17(11-20(27)26(19)29-13)12-30-18-7-5-15(6-8-18)24-21(28)25-16-4-2-3-14(22)10-16/h2-11H,12H2,1H3,(H2,24,25,28). The summed E-state index contributed by atoms with van der Waals surface area (Å²) in [5.74, 6) is 0.713. The highest BCUT2D eigenvalue weighted by Crippen LogP contribution is 2.24. The predicted octanol–water partition coefficient (Wildman–Crippen LogP) is 4.67. The molecule has 152 valence electrons. The molecule has 4 rings (SSSR count). The lowest BCUT2D eigenvalue weighted by Crippen LogP contribution is -2.19. The summed E-state index contributed by atoms with van der Waals surface area (Å²) in [6.07, 6.45) is 0. The van der Waals surface area contributed by atoms with Crippen molar-refractivity contribution in [3.8, 4) is 0 Å². The fourth-order valence-electron chi connectivity index (χ4n) is 2.80. The third-order valence-electron chi connectivity index (χ3n) is 4.11. The molecule has 0 unspecified atom stereocenters. The number of carbonyl (C=O) groups is 1. The summed E-state index contributed by atoms with van der Waals surface area (Å²) in [6, 6.07) is 15.6. The molecule has 2 aromatic carbocycles. The van der Waals surface area contributed by atoms with E-state index < -0.39 is 11.8 Å². The summed E-state index contributed by atoms with van der Waals surface area (Å²) in [7, 11) is 0. The maximum Gasteiger partial charge on any atom is 0.323 e. The molecule has 0 radical (unpaired) electrons. The van der Waals surface area contributed by atoms with Crippen molar-refractivity contribution >= 4 is 34.8 Å². The van der Waals surface area contributed by atoms with Crippen molar-refractivity contribution in [2.24, 2.45) is 0 Å². The molecule has 0 spiro atoms. The summed E-state index contributed by atoms with van der Waals surface area (Å²) < 4.78 is 19.6. The van der Waals surface area contributed by atoms with Crippen LogP contribution < -0.4 is 16.2 Å². The Kier molecular flexibility index (Phi) is 5.53. The molecule has 0 saturated carbocycles. The molecule has 2 heterocycles. The second-order valence-electron chi connectivity index (χ2n) is 6.49. The lowest BCUT2D eigenvalue weighted by Gasteiger charge is -2.08. The second kappa shape index (κ2) is 8.42. The number of aromatic nitrogens is 2. The van der Waals surface area contributed by atoms with E-state index in [2.05, 4.69) is 15.6 Å². The van der Waals surface area contributed by atoms with Crippen LogP contribution >= 0.6 is 11.8 Å². The predicted molar refractivity (Wildman–Crippen MR) is 114 cm³/mol. The first-order chi connectivity index (χ1) is 14.5. The molecule has 0 fully saturated rings. The zero-order chi connectivity index (χ0) is 21.1. The third-order valence-corrected chi connectivity index (χ3v) is 5.15. The summed E-state index contributed by atoms with van der Waals surface area (Å²) in [6.45, 7) is 1.76. The van der Waals surface area contributed by atoms with Crippen molar-refractivity contribution in [1.82, 2.24) is 9.56 Å². The number of fused-ring (bicyclic) bond motifs is 1. The lowest BCUT2D eigenvalue weighted by molar-refractivity contribution is 0.262. The second-order valence-corrected chi connectivity index (χ2v) is 7.54. The highest BCUT2D eigenvalue weighted by molar-refractivity contribution is 7.98. The van der Waals surface area contributed by atoms with Crippen LogP contribution in [0.25, 0.3) is 5.65 Å². The van der Waals surface area contributed by atoms with E-state index in [-0.39, 0.29) is 5.56 Å². The molecular formula is C21H17FN4O3S. The molecular weight excluding hydrogens is 407 g/mol. The molecule has 30 heavy (non-hydrogen) atoms. The number of anilines is 2. The molecule has 7 nitrogen and oxygen atoms in total. The Labute approximate surface area is 174 Å². The molecule has 0 aliphatic rings. The number of aryl methyl sites for hydroxylation is 1. The van der Waals surface area contributed by atoms with E-state index in [0.29, 0.717) is 34.2 Å². The van der Waals surface area contributed by atoms with E-state index in [9.17, 15) is 14.0 Å². The molecule has 0 atom stereocenters. The normalized spacial score (nSPS) is 10.9. The van der Waals surface area contributed by atoms with Crippen molar-refractivity contribution < 1.29 is 13.7 Å². The smallest absolute Gasteiger partial charge is 0.323 e. The minimum Gasteiger partial charge on any atom is -0.375 e. The number of nitrogens with one attached hydrogen (secondary N) is 2. The zero-order valence-electron chi connectivity index (χ0n) is 15.9. The third kappa shape index (κ3) is 4.69. The van der Waals surface area contributed by atoms with E-state index in [0.717, 1.165) is 4.90 Å². The Hall–Kier alpha value is -3.59. The number of hydrogen-bond donors (Lipinski definition) is 2. The number of benzene rings is 2. The molecule has 2 aromatic heterocycles. The van der Waals surface area contributed by atoms with E-state index in [1.54, 1.807) is 31.2 Å². The first-order valence-electron chi connectivity index (χ1n) is 9.02. The van der Waals surface area contributed by atoms with Gasteiger partial charge in [0.1, 0.15) is 11.6 Å². The highest BCUT2D eigenvalue weighted by Gasteiger charge is 2.08. The number of halogens is 1. The number of nitrogens with zero attached hydrogens (tertiary/aromatic N) is 2. The van der Waals surface area contributed by atoms with Gasteiger partial charge in [0.2, 0.25) is 0 Å². The van der Waals surface area contributed by atoms with Crippen LogP contribution in [0.2, 0.25) is 0 Å². The highest BCUT2D eigenvalue weighted by atomic mass is 32.2. The van der Waals surface area contributed by atoms with Crippen LogP contribution in [0.5, 0.6) is 0 Å². The van der Waals surface area contributed by atoms with Gasteiger partial charge < -0.3 is 15.2 Å². The van der Waals surface area contributed by atoms with Crippen LogP contribution in [0.3, 0.4) is 0 Å². The van der Waals surface area contributed by atoms with Gasteiger partial charge in [0.15, 0.2) is 5.65 Å². The van der Waals surface area contributed by atoms with Gasteiger partial charge in [0.05, 0.1) is 5.69 Å². The molecule has 9 heteroatoms. The van der Waals surface area contributed by atoms with Crippen LogP contribution in [0, 0.1) is 12.7 Å². The van der Waals surface area contributed by atoms with Crippen LogP contribution in [0.4, 0.5) is 20.6 Å². The zero-order valence-corrected chi connectivity index (χ0v) is 16.7. The van der Waals surface area contributed by atoms with Gasteiger partial charge in [-0.25, -0.2) is 14.2 Å². The largest absolute Gasteiger partial charge is 0.375 e. The van der Waals surface area contributed by atoms with Gasteiger partial charge in [-0.1, -0.05) is 6.07 Å². The Morgan fingerprint density at radius 1 is 1.10 bits per heavy atom. The Morgan fingerprint density at radius 2 is 1.87 bits per heavy atom. The average molecular weight is 424 g/mol. The minimum atomic E-state index is -0.464. The van der Waals surface area contributed by atoms with Crippen molar-refractivity contribution in [2.75, 3.05) is 10.6 Å². The summed E-state index contributed by atoms with van der Waals surface area (Å²) in [4.78, 5) is 29.5. The number of hydrogen-bond acceptors (Lipinski definition) is 5.